The molecule has 94 valence electrons. The highest BCUT2D eigenvalue weighted by Gasteiger charge is 2.22. The topological polar surface area (TPSA) is 61.8 Å². The molecule has 1 aromatic rings. The van der Waals surface area contributed by atoms with Crippen LogP contribution in [-0.2, 0) is 9.59 Å². The summed E-state index contributed by atoms with van der Waals surface area (Å²) in [6, 6.07) is 5.72. The van der Waals surface area contributed by atoms with Gasteiger partial charge in [0, 0.05) is 25.6 Å². The van der Waals surface area contributed by atoms with Crippen LogP contribution in [0.4, 0.5) is 10.1 Å². The molecule has 5 nitrogen and oxygen atoms in total. The minimum Gasteiger partial charge on any atom is -0.310 e. The smallest absolute Gasteiger partial charge is 0.274 e. The number of nitrogens with one attached hydrogen (secondary N) is 1. The molecule has 0 saturated carbocycles. The second-order valence-electron chi connectivity index (χ2n) is 3.94. The minimum absolute atomic E-state index is 0.208. The largest absolute Gasteiger partial charge is 0.310 e. The van der Waals surface area contributed by atoms with Crippen molar-refractivity contribution in [3.63, 3.8) is 0 Å². The number of rotatable bonds is 2. The second-order valence-corrected chi connectivity index (χ2v) is 3.94. The maximum atomic E-state index is 13.1. The van der Waals surface area contributed by atoms with Crippen molar-refractivity contribution in [3.8, 4) is 0 Å². The molecule has 0 aromatic heterocycles. The summed E-state index contributed by atoms with van der Waals surface area (Å²) in [6.45, 7) is 0. The van der Waals surface area contributed by atoms with Crippen molar-refractivity contribution in [3.05, 3.63) is 30.1 Å². The van der Waals surface area contributed by atoms with Crippen molar-refractivity contribution in [1.82, 2.24) is 5.43 Å². The zero-order valence-electron chi connectivity index (χ0n) is 9.81. The molecule has 0 radical (unpaired) electrons. The number of carbonyl (C=O) groups is 2. The van der Waals surface area contributed by atoms with Gasteiger partial charge in [0.25, 0.3) is 5.91 Å². The highest BCUT2D eigenvalue weighted by atomic mass is 19.1. The normalized spacial score (nSPS) is 14.8. The molecular formula is C12H12FN3O2. The zero-order chi connectivity index (χ0) is 13.1. The molecule has 0 bridgehead atoms. The number of hydrogen-bond acceptors (Lipinski definition) is 3. The van der Waals surface area contributed by atoms with Crippen LogP contribution in [0.3, 0.4) is 0 Å². The van der Waals surface area contributed by atoms with E-state index in [1.807, 2.05) is 0 Å². The monoisotopic (exact) mass is 249 g/mol. The van der Waals surface area contributed by atoms with Gasteiger partial charge in [-0.2, -0.15) is 5.10 Å². The second kappa shape index (κ2) is 4.95. The van der Waals surface area contributed by atoms with Crippen LogP contribution in [-0.4, -0.2) is 24.6 Å². The van der Waals surface area contributed by atoms with Gasteiger partial charge in [-0.25, -0.2) is 9.82 Å². The molecule has 0 atom stereocenters. The van der Waals surface area contributed by atoms with E-state index in [9.17, 15) is 14.0 Å². The van der Waals surface area contributed by atoms with Crippen molar-refractivity contribution in [2.75, 3.05) is 11.9 Å². The van der Waals surface area contributed by atoms with E-state index in [4.69, 9.17) is 0 Å². The van der Waals surface area contributed by atoms with E-state index < -0.39 is 5.82 Å². The van der Waals surface area contributed by atoms with Gasteiger partial charge in [-0.15, -0.1) is 0 Å². The standard InChI is InChI=1S/C12H12FN3O2/c1-16(9-4-2-3-8(13)7-9)12(18)10-5-6-11(17)15-14-10/h2-4,7H,5-6H2,1H3,(H,15,17). The fourth-order valence-corrected chi connectivity index (χ4v) is 1.62. The van der Waals surface area contributed by atoms with Gasteiger partial charge in [0.15, 0.2) is 0 Å². The molecule has 2 amide bonds. The molecule has 0 spiro atoms. The van der Waals surface area contributed by atoms with Crippen LogP contribution in [0.1, 0.15) is 12.8 Å². The van der Waals surface area contributed by atoms with Crippen molar-refractivity contribution in [1.29, 1.82) is 0 Å². The number of halogens is 1. The average Bonchev–Trinajstić information content (AvgIpc) is 2.38. The lowest BCUT2D eigenvalue weighted by molar-refractivity contribution is -0.121. The van der Waals surface area contributed by atoms with E-state index in [-0.39, 0.29) is 23.9 Å². The summed E-state index contributed by atoms with van der Waals surface area (Å²) in [5, 5.41) is 3.71. The Kier molecular flexibility index (Phi) is 3.36. The van der Waals surface area contributed by atoms with Gasteiger partial charge in [-0.3, -0.25) is 9.59 Å². The van der Waals surface area contributed by atoms with Gasteiger partial charge in [-0.1, -0.05) is 6.07 Å². The van der Waals surface area contributed by atoms with Gasteiger partial charge in [-0.05, 0) is 18.2 Å². The molecule has 0 fully saturated rings. The molecule has 1 aromatic carbocycles. The first-order valence-corrected chi connectivity index (χ1v) is 5.47. The van der Waals surface area contributed by atoms with Crippen LogP contribution in [0.25, 0.3) is 0 Å². The van der Waals surface area contributed by atoms with Crippen molar-refractivity contribution in [2.45, 2.75) is 12.8 Å². The highest BCUT2D eigenvalue weighted by molar-refractivity contribution is 6.44. The van der Waals surface area contributed by atoms with Gasteiger partial charge >= 0.3 is 0 Å². The maximum Gasteiger partial charge on any atom is 0.274 e. The third-order valence-electron chi connectivity index (χ3n) is 2.65. The summed E-state index contributed by atoms with van der Waals surface area (Å²) < 4.78 is 13.1. The highest BCUT2D eigenvalue weighted by Crippen LogP contribution is 2.15. The van der Waals surface area contributed by atoms with Crippen LogP contribution in [0.2, 0.25) is 0 Å². The summed E-state index contributed by atoms with van der Waals surface area (Å²) in [6.07, 6.45) is 0.534. The number of hydrogen-bond donors (Lipinski definition) is 1. The number of hydrazone groups is 1. The van der Waals surface area contributed by atoms with Gasteiger partial charge in [0.05, 0.1) is 0 Å². The lowest BCUT2D eigenvalue weighted by Gasteiger charge is -2.19. The third kappa shape index (κ3) is 2.53. The van der Waals surface area contributed by atoms with Gasteiger partial charge in [0.1, 0.15) is 11.5 Å². The number of nitrogens with zero attached hydrogens (tertiary/aromatic N) is 2. The average molecular weight is 249 g/mol. The summed E-state index contributed by atoms with van der Waals surface area (Å²) in [4.78, 5) is 24.3. The van der Waals surface area contributed by atoms with Crippen LogP contribution in [0.15, 0.2) is 29.4 Å². The Balaban J connectivity index is 2.16. The first kappa shape index (κ1) is 12.2. The summed E-state index contributed by atoms with van der Waals surface area (Å²) >= 11 is 0. The Morgan fingerprint density at radius 3 is 2.83 bits per heavy atom. The fourth-order valence-electron chi connectivity index (χ4n) is 1.62. The SMILES string of the molecule is CN(C(=O)C1=NNC(=O)CC1)c1cccc(F)c1. The van der Waals surface area contributed by atoms with E-state index in [0.717, 1.165) is 0 Å². The lowest BCUT2D eigenvalue weighted by Crippen LogP contribution is -2.38. The fraction of sp³-hybridized carbons (Fsp3) is 0.250. The predicted octanol–water partition coefficient (Wildman–Crippen LogP) is 1.05. The van der Waals surface area contributed by atoms with E-state index in [2.05, 4.69) is 10.5 Å². The van der Waals surface area contributed by atoms with E-state index in [1.54, 1.807) is 6.07 Å². The first-order valence-electron chi connectivity index (χ1n) is 5.47. The Labute approximate surface area is 103 Å². The molecule has 0 aliphatic carbocycles. The van der Waals surface area contributed by atoms with Crippen molar-refractivity contribution < 1.29 is 14.0 Å². The summed E-state index contributed by atoms with van der Waals surface area (Å²) in [5.74, 6) is -0.966. The molecule has 0 unspecified atom stereocenters. The maximum absolute atomic E-state index is 13.1. The quantitative estimate of drug-likeness (QED) is 0.851. The minimum atomic E-state index is -0.411. The third-order valence-corrected chi connectivity index (χ3v) is 2.65. The van der Waals surface area contributed by atoms with Crippen molar-refractivity contribution >= 4 is 23.2 Å². The van der Waals surface area contributed by atoms with E-state index >= 15 is 0 Å². The van der Waals surface area contributed by atoms with E-state index in [0.29, 0.717) is 12.1 Å². The summed E-state index contributed by atoms with van der Waals surface area (Å²) in [5.41, 5.74) is 2.97. The first-order chi connectivity index (χ1) is 8.58. The van der Waals surface area contributed by atoms with Crippen LogP contribution in [0.5, 0.6) is 0 Å². The van der Waals surface area contributed by atoms with Crippen LogP contribution < -0.4 is 10.3 Å². The van der Waals surface area contributed by atoms with Gasteiger partial charge < -0.3 is 4.90 Å². The van der Waals surface area contributed by atoms with Crippen molar-refractivity contribution in [2.24, 2.45) is 5.10 Å². The molecule has 6 heteroatoms. The summed E-state index contributed by atoms with van der Waals surface area (Å²) in [7, 11) is 1.54. The zero-order valence-corrected chi connectivity index (χ0v) is 9.81. The molecule has 1 aliphatic heterocycles. The molecule has 2 rings (SSSR count). The number of anilines is 1. The Morgan fingerprint density at radius 2 is 2.22 bits per heavy atom. The number of carbonyl (C=O) groups excluding carboxylic acids is 2. The predicted molar refractivity (Wildman–Crippen MR) is 64.6 cm³/mol. The molecule has 18 heavy (non-hydrogen) atoms. The Bertz CT molecular complexity index is 528. The number of benzene rings is 1. The lowest BCUT2D eigenvalue weighted by atomic mass is 10.1. The Morgan fingerprint density at radius 1 is 1.44 bits per heavy atom. The molecule has 1 aliphatic rings. The Hall–Kier alpha value is -2.24. The molecule has 0 saturated heterocycles. The molecule has 1 N–H and O–H groups in total. The molecular weight excluding hydrogens is 237 g/mol. The van der Waals surface area contributed by atoms with E-state index in [1.165, 1.54) is 30.1 Å². The van der Waals surface area contributed by atoms with Crippen LogP contribution in [0, 0.1) is 5.82 Å². The van der Waals surface area contributed by atoms with Crippen LogP contribution >= 0.6 is 0 Å². The van der Waals surface area contributed by atoms with Gasteiger partial charge in [0.2, 0.25) is 5.91 Å². The molecule has 1 heterocycles. The number of amides is 2.